The van der Waals surface area contributed by atoms with Crippen LogP contribution in [0, 0.1) is 10.1 Å². The molecule has 0 fully saturated rings. The molecule has 10 heteroatoms. The maximum Gasteiger partial charge on any atom is 0.416 e. The second-order valence-electron chi connectivity index (χ2n) is 7.83. The lowest BCUT2D eigenvalue weighted by molar-refractivity contribution is -0.384. The quantitative estimate of drug-likeness (QED) is 0.292. The van der Waals surface area contributed by atoms with Crippen LogP contribution in [0.4, 0.5) is 29.3 Å². The lowest BCUT2D eigenvalue weighted by atomic mass is 10.1. The van der Waals surface area contributed by atoms with Gasteiger partial charge in [-0.3, -0.25) is 10.1 Å². The number of anilines is 1. The van der Waals surface area contributed by atoms with Crippen LogP contribution in [0.15, 0.2) is 66.9 Å². The molecule has 2 amide bonds. The third-order valence-corrected chi connectivity index (χ3v) is 5.28. The Bertz CT molecular complexity index is 1130. The molecule has 7 nitrogen and oxygen atoms in total. The SMILES string of the molecule is CCCCN(Cc1cccn1Cc1cccc(C(F)(F)F)c1)C(=O)Nc1ccc([N+](=O)[O-])cc1. The predicted molar refractivity (Wildman–Crippen MR) is 122 cm³/mol. The molecular weight excluding hydrogens is 449 g/mol. The zero-order chi connectivity index (χ0) is 24.7. The minimum absolute atomic E-state index is 0.0757. The predicted octanol–water partition coefficient (Wildman–Crippen LogP) is 6.30. The summed E-state index contributed by atoms with van der Waals surface area (Å²) in [7, 11) is 0. The number of carbonyl (C=O) groups is 1. The first kappa shape index (κ1) is 24.8. The van der Waals surface area contributed by atoms with Crippen molar-refractivity contribution in [1.29, 1.82) is 0 Å². The molecule has 180 valence electrons. The third kappa shape index (κ3) is 6.60. The van der Waals surface area contributed by atoms with Crippen LogP contribution >= 0.6 is 0 Å². The summed E-state index contributed by atoms with van der Waals surface area (Å²) in [4.78, 5) is 24.9. The molecule has 1 heterocycles. The van der Waals surface area contributed by atoms with Gasteiger partial charge in [0.1, 0.15) is 0 Å². The fourth-order valence-electron chi connectivity index (χ4n) is 3.46. The number of aromatic nitrogens is 1. The number of carbonyl (C=O) groups excluding carboxylic acids is 1. The zero-order valence-corrected chi connectivity index (χ0v) is 18.6. The summed E-state index contributed by atoms with van der Waals surface area (Å²) < 4.78 is 41.0. The Hall–Kier alpha value is -3.82. The average Bonchev–Trinajstić information content (AvgIpc) is 3.23. The molecule has 0 aliphatic rings. The summed E-state index contributed by atoms with van der Waals surface area (Å²) in [6.45, 7) is 2.97. The Morgan fingerprint density at radius 3 is 2.50 bits per heavy atom. The number of amides is 2. The Morgan fingerprint density at radius 1 is 1.12 bits per heavy atom. The van der Waals surface area contributed by atoms with Crippen LogP contribution in [0.5, 0.6) is 0 Å². The fraction of sp³-hybridized carbons (Fsp3) is 0.292. The van der Waals surface area contributed by atoms with E-state index in [9.17, 15) is 28.1 Å². The Labute approximate surface area is 195 Å². The molecule has 0 saturated heterocycles. The number of nitrogens with zero attached hydrogens (tertiary/aromatic N) is 3. The third-order valence-electron chi connectivity index (χ3n) is 5.28. The molecule has 3 rings (SSSR count). The van der Waals surface area contributed by atoms with Crippen molar-refractivity contribution in [3.63, 3.8) is 0 Å². The summed E-state index contributed by atoms with van der Waals surface area (Å²) in [5.74, 6) is 0. The second kappa shape index (κ2) is 10.9. The molecule has 0 spiro atoms. The minimum Gasteiger partial charge on any atom is -0.345 e. The molecule has 34 heavy (non-hydrogen) atoms. The Balaban J connectivity index is 1.74. The first-order valence-corrected chi connectivity index (χ1v) is 10.8. The van der Waals surface area contributed by atoms with Gasteiger partial charge in [0, 0.05) is 42.8 Å². The van der Waals surface area contributed by atoms with Gasteiger partial charge in [0.2, 0.25) is 0 Å². The number of non-ortho nitro benzene ring substituents is 1. The molecule has 0 bridgehead atoms. The second-order valence-corrected chi connectivity index (χ2v) is 7.83. The number of urea groups is 1. The largest absolute Gasteiger partial charge is 0.416 e. The van der Waals surface area contributed by atoms with Crippen LogP contribution in [0.2, 0.25) is 0 Å². The maximum absolute atomic E-state index is 13.1. The highest BCUT2D eigenvalue weighted by atomic mass is 19.4. The topological polar surface area (TPSA) is 80.4 Å². The van der Waals surface area contributed by atoms with Crippen LogP contribution in [0.25, 0.3) is 0 Å². The van der Waals surface area contributed by atoms with Gasteiger partial charge in [-0.05, 0) is 48.4 Å². The summed E-state index contributed by atoms with van der Waals surface area (Å²) in [5, 5.41) is 13.6. The lowest BCUT2D eigenvalue weighted by Crippen LogP contribution is -2.36. The first-order chi connectivity index (χ1) is 16.2. The summed E-state index contributed by atoms with van der Waals surface area (Å²) in [6.07, 6.45) is -1.02. The fourth-order valence-corrected chi connectivity index (χ4v) is 3.46. The summed E-state index contributed by atoms with van der Waals surface area (Å²) >= 11 is 0. The molecule has 2 aromatic carbocycles. The standard InChI is InChI=1S/C24H25F3N4O3/c1-2-3-13-30(23(32)28-20-9-11-21(12-10-20)31(33)34)17-22-8-5-14-29(22)16-18-6-4-7-19(15-18)24(25,26)27/h4-12,14-15H,2-3,13,16-17H2,1H3,(H,28,32). The van der Waals surface area contributed by atoms with Gasteiger partial charge in [-0.25, -0.2) is 4.79 Å². The molecule has 1 aromatic heterocycles. The van der Waals surface area contributed by atoms with Gasteiger partial charge in [-0.15, -0.1) is 0 Å². The van der Waals surface area contributed by atoms with Gasteiger partial charge >= 0.3 is 12.2 Å². The van der Waals surface area contributed by atoms with Crippen molar-refractivity contribution in [3.8, 4) is 0 Å². The van der Waals surface area contributed by atoms with Crippen molar-refractivity contribution < 1.29 is 22.9 Å². The molecule has 0 unspecified atom stereocenters. The summed E-state index contributed by atoms with van der Waals surface area (Å²) in [5.41, 5.74) is 0.922. The molecule has 0 aliphatic heterocycles. The molecule has 0 radical (unpaired) electrons. The van der Waals surface area contributed by atoms with Gasteiger partial charge < -0.3 is 14.8 Å². The number of unbranched alkanes of at least 4 members (excludes halogenated alkanes) is 1. The van der Waals surface area contributed by atoms with Crippen LogP contribution in [0.1, 0.15) is 36.6 Å². The van der Waals surface area contributed by atoms with E-state index in [0.29, 0.717) is 17.8 Å². The van der Waals surface area contributed by atoms with E-state index in [1.807, 2.05) is 17.6 Å². The van der Waals surface area contributed by atoms with E-state index >= 15 is 0 Å². The van der Waals surface area contributed by atoms with E-state index in [4.69, 9.17) is 0 Å². The molecular formula is C24H25F3N4O3. The van der Waals surface area contributed by atoms with E-state index in [1.54, 1.807) is 23.2 Å². The highest BCUT2D eigenvalue weighted by Crippen LogP contribution is 2.29. The van der Waals surface area contributed by atoms with Crippen molar-refractivity contribution in [3.05, 3.63) is 93.8 Å². The van der Waals surface area contributed by atoms with Crippen molar-refractivity contribution >= 4 is 17.4 Å². The zero-order valence-electron chi connectivity index (χ0n) is 18.6. The monoisotopic (exact) mass is 474 g/mol. The van der Waals surface area contributed by atoms with Crippen molar-refractivity contribution in [1.82, 2.24) is 9.47 Å². The van der Waals surface area contributed by atoms with Gasteiger partial charge in [0.05, 0.1) is 17.0 Å². The van der Waals surface area contributed by atoms with Crippen molar-refractivity contribution in [2.75, 3.05) is 11.9 Å². The van der Waals surface area contributed by atoms with Gasteiger partial charge in [-0.1, -0.05) is 25.5 Å². The van der Waals surface area contributed by atoms with E-state index in [2.05, 4.69) is 5.32 Å². The smallest absolute Gasteiger partial charge is 0.345 e. The van der Waals surface area contributed by atoms with Gasteiger partial charge in [0.15, 0.2) is 0 Å². The normalized spacial score (nSPS) is 11.3. The van der Waals surface area contributed by atoms with Crippen LogP contribution in [-0.2, 0) is 19.3 Å². The summed E-state index contributed by atoms with van der Waals surface area (Å²) in [6, 6.07) is 14.0. The highest BCUT2D eigenvalue weighted by Gasteiger charge is 2.30. The van der Waals surface area contributed by atoms with E-state index in [-0.39, 0.29) is 24.8 Å². The maximum atomic E-state index is 13.1. The van der Waals surface area contributed by atoms with Gasteiger partial charge in [-0.2, -0.15) is 13.2 Å². The molecule has 0 atom stereocenters. The number of halogens is 3. The van der Waals surface area contributed by atoms with E-state index < -0.39 is 16.7 Å². The van der Waals surface area contributed by atoms with Crippen LogP contribution in [-0.4, -0.2) is 27.0 Å². The number of nitro benzene ring substituents is 1. The highest BCUT2D eigenvalue weighted by molar-refractivity contribution is 5.89. The van der Waals surface area contributed by atoms with Gasteiger partial charge in [0.25, 0.3) is 5.69 Å². The average molecular weight is 474 g/mol. The number of hydrogen-bond donors (Lipinski definition) is 1. The first-order valence-electron chi connectivity index (χ1n) is 10.8. The number of nitro groups is 1. The molecule has 0 aliphatic carbocycles. The van der Waals surface area contributed by atoms with Crippen molar-refractivity contribution in [2.24, 2.45) is 0 Å². The number of rotatable bonds is 9. The number of alkyl halides is 3. The Morgan fingerprint density at radius 2 is 1.85 bits per heavy atom. The van der Waals surface area contributed by atoms with E-state index in [1.165, 1.54) is 30.3 Å². The number of nitrogens with one attached hydrogen (secondary N) is 1. The van der Waals surface area contributed by atoms with Crippen molar-refractivity contribution in [2.45, 2.75) is 39.0 Å². The number of benzene rings is 2. The van der Waals surface area contributed by atoms with Crippen LogP contribution in [0.3, 0.4) is 0 Å². The number of hydrogen-bond acceptors (Lipinski definition) is 3. The molecule has 0 saturated carbocycles. The lowest BCUT2D eigenvalue weighted by Gasteiger charge is -2.24. The molecule has 1 N–H and O–H groups in total. The minimum atomic E-state index is -4.41. The Kier molecular flexibility index (Phi) is 7.93. The van der Waals surface area contributed by atoms with E-state index in [0.717, 1.165) is 30.7 Å². The molecule has 3 aromatic rings. The van der Waals surface area contributed by atoms with Crippen LogP contribution < -0.4 is 5.32 Å².